The Labute approximate surface area is 167 Å². The number of halogens is 1. The third kappa shape index (κ3) is 4.90. The molecule has 2 N–H and O–H groups in total. The quantitative estimate of drug-likeness (QED) is 0.595. The molecule has 1 aromatic carbocycles. The van der Waals surface area contributed by atoms with Crippen molar-refractivity contribution in [2.45, 2.75) is 6.42 Å². The molecule has 0 radical (unpaired) electrons. The van der Waals surface area contributed by atoms with Gasteiger partial charge >= 0.3 is 0 Å². The maximum Gasteiger partial charge on any atom is 0.270 e. The molecule has 152 valence electrons. The minimum absolute atomic E-state index is 0.257. The molecule has 1 amide bonds. The molecule has 1 aliphatic rings. The van der Waals surface area contributed by atoms with E-state index in [1.807, 2.05) is 0 Å². The number of aromatic nitrogens is 1. The molecule has 7 nitrogen and oxygen atoms in total. The van der Waals surface area contributed by atoms with E-state index in [4.69, 9.17) is 9.15 Å². The van der Waals surface area contributed by atoms with E-state index in [0.29, 0.717) is 23.6 Å². The number of nitrogens with one attached hydrogen (secondary N) is 2. The first-order valence-electron chi connectivity index (χ1n) is 9.68. The van der Waals surface area contributed by atoms with Gasteiger partial charge in [0.15, 0.2) is 0 Å². The van der Waals surface area contributed by atoms with Gasteiger partial charge < -0.3 is 19.8 Å². The van der Waals surface area contributed by atoms with Crippen molar-refractivity contribution in [1.82, 2.24) is 15.2 Å². The molecule has 4 rings (SSSR count). The molecular weight excluding hydrogens is 375 g/mol. The molecular formula is C21H23FN4O3. The molecule has 3 aromatic rings. The highest BCUT2D eigenvalue weighted by Gasteiger charge is 2.15. The number of carbonyl (C=O) groups excluding carboxylic acids is 1. The van der Waals surface area contributed by atoms with Crippen molar-refractivity contribution in [2.75, 3.05) is 44.7 Å². The number of rotatable bonds is 7. The van der Waals surface area contributed by atoms with E-state index in [9.17, 15) is 9.18 Å². The van der Waals surface area contributed by atoms with E-state index in [-0.39, 0.29) is 17.4 Å². The normalized spacial score (nSPS) is 14.8. The van der Waals surface area contributed by atoms with Crippen LogP contribution in [0.3, 0.4) is 0 Å². The predicted molar refractivity (Wildman–Crippen MR) is 108 cm³/mol. The van der Waals surface area contributed by atoms with Crippen LogP contribution in [0, 0.1) is 5.82 Å². The largest absolute Gasteiger partial charge is 0.464 e. The summed E-state index contributed by atoms with van der Waals surface area (Å²) < 4.78 is 24.0. The fourth-order valence-electron chi connectivity index (χ4n) is 3.27. The van der Waals surface area contributed by atoms with Crippen LogP contribution in [0.15, 0.2) is 47.1 Å². The van der Waals surface area contributed by atoms with E-state index < -0.39 is 0 Å². The molecule has 2 aromatic heterocycles. The summed E-state index contributed by atoms with van der Waals surface area (Å²) in [5.74, 6) is -0.0871. The van der Waals surface area contributed by atoms with E-state index in [1.54, 1.807) is 30.5 Å². The highest BCUT2D eigenvalue weighted by atomic mass is 19.1. The Morgan fingerprint density at radius 3 is 2.76 bits per heavy atom. The Hall–Kier alpha value is -2.97. The van der Waals surface area contributed by atoms with E-state index in [1.165, 1.54) is 12.1 Å². The fraction of sp³-hybridized carbons (Fsp3) is 0.333. The van der Waals surface area contributed by atoms with Crippen LogP contribution >= 0.6 is 0 Å². The minimum Gasteiger partial charge on any atom is -0.464 e. The van der Waals surface area contributed by atoms with Crippen molar-refractivity contribution in [3.63, 3.8) is 0 Å². The van der Waals surface area contributed by atoms with E-state index >= 15 is 0 Å². The lowest BCUT2D eigenvalue weighted by Crippen LogP contribution is -2.38. The monoisotopic (exact) mass is 398 g/mol. The number of nitrogens with zero attached hydrogens (tertiary/aromatic N) is 2. The molecule has 8 heteroatoms. The van der Waals surface area contributed by atoms with Crippen molar-refractivity contribution in [3.8, 4) is 0 Å². The molecule has 3 heterocycles. The maximum atomic E-state index is 13.1. The summed E-state index contributed by atoms with van der Waals surface area (Å²) in [4.78, 5) is 19.4. The number of fused-ring (bicyclic) bond motifs is 1. The van der Waals surface area contributed by atoms with Crippen LogP contribution in [0.4, 0.5) is 15.9 Å². The van der Waals surface area contributed by atoms with Crippen molar-refractivity contribution in [2.24, 2.45) is 0 Å². The Bertz CT molecular complexity index is 968. The average Bonchev–Trinajstić information content (AvgIpc) is 3.22. The highest BCUT2D eigenvalue weighted by molar-refractivity contribution is 5.99. The third-order valence-electron chi connectivity index (χ3n) is 4.83. The topological polar surface area (TPSA) is 79.6 Å². The molecule has 29 heavy (non-hydrogen) atoms. The number of furan rings is 1. The van der Waals surface area contributed by atoms with Gasteiger partial charge in [0.1, 0.15) is 22.9 Å². The third-order valence-corrected chi connectivity index (χ3v) is 4.83. The number of hydrogen-bond acceptors (Lipinski definition) is 6. The average molecular weight is 398 g/mol. The summed E-state index contributed by atoms with van der Waals surface area (Å²) in [6.45, 7) is 4.89. The first-order chi connectivity index (χ1) is 14.2. The van der Waals surface area contributed by atoms with Gasteiger partial charge in [0.2, 0.25) is 0 Å². The summed E-state index contributed by atoms with van der Waals surface area (Å²) in [7, 11) is 0. The van der Waals surface area contributed by atoms with Gasteiger partial charge in [0.25, 0.3) is 5.91 Å². The van der Waals surface area contributed by atoms with Gasteiger partial charge in [-0.1, -0.05) is 0 Å². The number of benzene rings is 1. The Morgan fingerprint density at radius 1 is 1.17 bits per heavy atom. The SMILES string of the molecule is O=C(NCCCN1CCOCC1)c1cc2occc2c(Nc2ccc(F)cc2)n1. The number of amides is 1. The molecule has 0 bridgehead atoms. The standard InChI is InChI=1S/C21H23FN4O3/c22-15-2-4-16(5-3-15)24-20-17-6-11-29-19(17)14-18(25-20)21(27)23-7-1-8-26-9-12-28-13-10-26/h2-6,11,14H,1,7-10,12-13H2,(H,23,27)(H,24,25). The van der Waals surface area contributed by atoms with Crippen LogP contribution in [0.2, 0.25) is 0 Å². The first-order valence-corrected chi connectivity index (χ1v) is 9.68. The Morgan fingerprint density at radius 2 is 1.97 bits per heavy atom. The lowest BCUT2D eigenvalue weighted by atomic mass is 10.2. The van der Waals surface area contributed by atoms with Crippen molar-refractivity contribution in [1.29, 1.82) is 0 Å². The van der Waals surface area contributed by atoms with Crippen molar-refractivity contribution >= 4 is 28.4 Å². The lowest BCUT2D eigenvalue weighted by molar-refractivity contribution is 0.0374. The second-order valence-electron chi connectivity index (χ2n) is 6.88. The predicted octanol–water partition coefficient (Wildman–Crippen LogP) is 3.16. The van der Waals surface area contributed by atoms with Gasteiger partial charge in [-0.25, -0.2) is 9.37 Å². The van der Waals surface area contributed by atoms with Crippen LogP contribution in [-0.2, 0) is 4.74 Å². The van der Waals surface area contributed by atoms with Crippen LogP contribution < -0.4 is 10.6 Å². The van der Waals surface area contributed by atoms with Gasteiger partial charge in [-0.15, -0.1) is 0 Å². The summed E-state index contributed by atoms with van der Waals surface area (Å²) in [5.41, 5.74) is 1.50. The van der Waals surface area contributed by atoms with E-state index in [2.05, 4.69) is 20.5 Å². The number of hydrogen-bond donors (Lipinski definition) is 2. The molecule has 0 spiro atoms. The van der Waals surface area contributed by atoms with Crippen molar-refractivity contribution in [3.05, 3.63) is 54.2 Å². The Balaban J connectivity index is 1.41. The van der Waals surface area contributed by atoms with Gasteiger partial charge in [-0.3, -0.25) is 9.69 Å². The first kappa shape index (κ1) is 19.4. The minimum atomic E-state index is -0.317. The zero-order chi connectivity index (χ0) is 20.1. The lowest BCUT2D eigenvalue weighted by Gasteiger charge is -2.26. The summed E-state index contributed by atoms with van der Waals surface area (Å²) >= 11 is 0. The number of anilines is 2. The summed E-state index contributed by atoms with van der Waals surface area (Å²) in [6, 6.07) is 9.35. The second kappa shape index (κ2) is 9.02. The van der Waals surface area contributed by atoms with Gasteiger partial charge in [-0.05, 0) is 43.3 Å². The van der Waals surface area contributed by atoms with Crippen molar-refractivity contribution < 1.29 is 18.3 Å². The van der Waals surface area contributed by atoms with Crippen LogP contribution in [0.25, 0.3) is 11.0 Å². The molecule has 0 aliphatic carbocycles. The molecule has 0 atom stereocenters. The Kier molecular flexibility index (Phi) is 6.02. The number of ether oxygens (including phenoxy) is 1. The van der Waals surface area contributed by atoms with Gasteiger partial charge in [0.05, 0.1) is 24.9 Å². The van der Waals surface area contributed by atoms with E-state index in [0.717, 1.165) is 44.7 Å². The number of morpholine rings is 1. The zero-order valence-electron chi connectivity index (χ0n) is 16.0. The smallest absolute Gasteiger partial charge is 0.270 e. The molecule has 0 saturated carbocycles. The van der Waals surface area contributed by atoms with Crippen LogP contribution in [0.1, 0.15) is 16.9 Å². The summed E-state index contributed by atoms with van der Waals surface area (Å²) in [6.07, 6.45) is 2.40. The molecule has 1 aliphatic heterocycles. The molecule has 1 saturated heterocycles. The van der Waals surface area contributed by atoms with Crippen LogP contribution in [0.5, 0.6) is 0 Å². The summed E-state index contributed by atoms with van der Waals surface area (Å²) in [5, 5.41) is 6.79. The van der Waals surface area contributed by atoms with Crippen LogP contribution in [-0.4, -0.2) is 55.2 Å². The zero-order valence-corrected chi connectivity index (χ0v) is 16.0. The van der Waals surface area contributed by atoms with Gasteiger partial charge in [-0.2, -0.15) is 0 Å². The fourth-order valence-corrected chi connectivity index (χ4v) is 3.27. The number of carbonyl (C=O) groups is 1. The number of pyridine rings is 1. The molecule has 0 unspecified atom stereocenters. The van der Waals surface area contributed by atoms with Gasteiger partial charge in [0, 0.05) is 31.4 Å². The molecule has 1 fully saturated rings. The second-order valence-corrected chi connectivity index (χ2v) is 6.88. The maximum absolute atomic E-state index is 13.1. The highest BCUT2D eigenvalue weighted by Crippen LogP contribution is 2.26.